The van der Waals surface area contributed by atoms with Gasteiger partial charge >= 0.3 is 0 Å². The van der Waals surface area contributed by atoms with Gasteiger partial charge in [0.2, 0.25) is 0 Å². The number of morpholine rings is 1. The van der Waals surface area contributed by atoms with Crippen molar-refractivity contribution in [2.75, 3.05) is 31.6 Å². The summed E-state index contributed by atoms with van der Waals surface area (Å²) in [7, 11) is 0. The summed E-state index contributed by atoms with van der Waals surface area (Å²) in [5.41, 5.74) is 1.46. The number of ether oxygens (including phenoxy) is 1. The number of benzene rings is 2. The average Bonchev–Trinajstić information content (AvgIpc) is 2.64. The number of hydrogen-bond acceptors (Lipinski definition) is 3. The molecule has 1 fully saturated rings. The van der Waals surface area contributed by atoms with Crippen molar-refractivity contribution in [3.05, 3.63) is 64.7 Å². The molecule has 1 N–H and O–H groups in total. The Kier molecular flexibility index (Phi) is 5.13. The molecule has 1 aliphatic rings. The van der Waals surface area contributed by atoms with E-state index in [1.807, 2.05) is 6.07 Å². The van der Waals surface area contributed by atoms with Crippen LogP contribution in [-0.4, -0.2) is 43.0 Å². The number of hydrogen-bond donors (Lipinski definition) is 1. The predicted molar refractivity (Wildman–Crippen MR) is 92.6 cm³/mol. The predicted octanol–water partition coefficient (Wildman–Crippen LogP) is 3.06. The maximum absolute atomic E-state index is 12.6. The van der Waals surface area contributed by atoms with Crippen LogP contribution in [0, 0.1) is 0 Å². The molecule has 124 valence electrons. The first-order valence-electron chi connectivity index (χ1n) is 7.68. The molecule has 1 saturated heterocycles. The second-order valence-corrected chi connectivity index (χ2v) is 5.83. The van der Waals surface area contributed by atoms with Gasteiger partial charge < -0.3 is 15.0 Å². The minimum absolute atomic E-state index is 0.154. The average molecular weight is 345 g/mol. The van der Waals surface area contributed by atoms with Crippen molar-refractivity contribution >= 4 is 29.1 Å². The van der Waals surface area contributed by atoms with Gasteiger partial charge in [0, 0.05) is 24.3 Å². The van der Waals surface area contributed by atoms with Gasteiger partial charge in [0.1, 0.15) is 0 Å². The number of carbonyl (C=O) groups is 2. The Morgan fingerprint density at radius 1 is 1.04 bits per heavy atom. The van der Waals surface area contributed by atoms with E-state index in [0.29, 0.717) is 48.1 Å². The Bertz CT molecular complexity index is 743. The van der Waals surface area contributed by atoms with Gasteiger partial charge in [-0.3, -0.25) is 9.59 Å². The van der Waals surface area contributed by atoms with Crippen LogP contribution in [-0.2, 0) is 4.74 Å². The fourth-order valence-corrected chi connectivity index (χ4v) is 2.69. The van der Waals surface area contributed by atoms with E-state index in [9.17, 15) is 9.59 Å². The van der Waals surface area contributed by atoms with Gasteiger partial charge in [-0.15, -0.1) is 0 Å². The quantitative estimate of drug-likeness (QED) is 0.931. The first-order chi connectivity index (χ1) is 11.6. The van der Waals surface area contributed by atoms with E-state index in [1.54, 1.807) is 47.4 Å². The lowest BCUT2D eigenvalue weighted by molar-refractivity contribution is 0.0303. The van der Waals surface area contributed by atoms with Gasteiger partial charge in [0.15, 0.2) is 0 Å². The molecular formula is C18H17ClN2O3. The largest absolute Gasteiger partial charge is 0.378 e. The summed E-state index contributed by atoms with van der Waals surface area (Å²) in [5, 5.41) is 3.16. The number of halogens is 1. The van der Waals surface area contributed by atoms with Crippen LogP contribution < -0.4 is 5.32 Å². The minimum atomic E-state index is -0.234. The van der Waals surface area contributed by atoms with Gasteiger partial charge in [-0.05, 0) is 30.3 Å². The number of nitrogens with one attached hydrogen (secondary N) is 1. The molecule has 0 unspecified atom stereocenters. The number of rotatable bonds is 3. The molecule has 0 saturated carbocycles. The van der Waals surface area contributed by atoms with Gasteiger partial charge in [0.05, 0.1) is 23.8 Å². The molecule has 0 atom stereocenters. The first-order valence-corrected chi connectivity index (χ1v) is 8.06. The van der Waals surface area contributed by atoms with Crippen LogP contribution in [0.3, 0.4) is 0 Å². The standard InChI is InChI=1S/C18H17ClN2O3/c19-16-7-6-14(20-17(22)13-4-2-1-3-5-13)12-15(16)18(23)21-8-10-24-11-9-21/h1-7,12H,8-11H2,(H,20,22). The van der Waals surface area contributed by atoms with Crippen molar-refractivity contribution in [3.63, 3.8) is 0 Å². The Morgan fingerprint density at radius 3 is 2.46 bits per heavy atom. The van der Waals surface area contributed by atoms with Crippen LogP contribution in [0.4, 0.5) is 5.69 Å². The summed E-state index contributed by atoms with van der Waals surface area (Å²) in [6.07, 6.45) is 0. The Balaban J connectivity index is 1.78. The Morgan fingerprint density at radius 2 is 1.75 bits per heavy atom. The van der Waals surface area contributed by atoms with Crippen molar-refractivity contribution in [1.29, 1.82) is 0 Å². The lowest BCUT2D eigenvalue weighted by Crippen LogP contribution is -2.40. The van der Waals surface area contributed by atoms with Crippen LogP contribution in [0.2, 0.25) is 5.02 Å². The van der Waals surface area contributed by atoms with E-state index in [2.05, 4.69) is 5.32 Å². The Hall–Kier alpha value is -2.37. The number of anilines is 1. The fourth-order valence-electron chi connectivity index (χ4n) is 2.50. The summed E-state index contributed by atoms with van der Waals surface area (Å²) in [6.45, 7) is 2.12. The molecule has 3 rings (SSSR count). The van der Waals surface area contributed by atoms with Crippen LogP contribution in [0.5, 0.6) is 0 Å². The number of amides is 2. The number of nitrogens with zero attached hydrogens (tertiary/aromatic N) is 1. The topological polar surface area (TPSA) is 58.6 Å². The summed E-state index contributed by atoms with van der Waals surface area (Å²) < 4.78 is 5.26. The zero-order valence-electron chi connectivity index (χ0n) is 13.0. The highest BCUT2D eigenvalue weighted by Crippen LogP contribution is 2.23. The van der Waals surface area contributed by atoms with E-state index in [0.717, 1.165) is 0 Å². The maximum Gasteiger partial charge on any atom is 0.255 e. The van der Waals surface area contributed by atoms with Crippen LogP contribution in [0.1, 0.15) is 20.7 Å². The molecule has 0 bridgehead atoms. The lowest BCUT2D eigenvalue weighted by Gasteiger charge is -2.27. The van der Waals surface area contributed by atoms with Gasteiger partial charge in [-0.2, -0.15) is 0 Å². The monoisotopic (exact) mass is 344 g/mol. The smallest absolute Gasteiger partial charge is 0.255 e. The molecule has 1 aliphatic heterocycles. The zero-order chi connectivity index (χ0) is 16.9. The summed E-state index contributed by atoms with van der Waals surface area (Å²) in [4.78, 5) is 26.5. The highest BCUT2D eigenvalue weighted by Gasteiger charge is 2.21. The molecule has 0 aromatic heterocycles. The fraction of sp³-hybridized carbons (Fsp3) is 0.222. The molecular weight excluding hydrogens is 328 g/mol. The SMILES string of the molecule is O=C(Nc1ccc(Cl)c(C(=O)N2CCOCC2)c1)c1ccccc1. The summed E-state index contributed by atoms with van der Waals surface area (Å²) in [5.74, 6) is -0.387. The van der Waals surface area contributed by atoms with E-state index in [-0.39, 0.29) is 11.8 Å². The minimum Gasteiger partial charge on any atom is -0.378 e. The van der Waals surface area contributed by atoms with E-state index in [4.69, 9.17) is 16.3 Å². The van der Waals surface area contributed by atoms with Crippen molar-refractivity contribution in [2.45, 2.75) is 0 Å². The molecule has 0 radical (unpaired) electrons. The molecule has 5 nitrogen and oxygen atoms in total. The first kappa shape index (κ1) is 16.5. The second kappa shape index (κ2) is 7.47. The van der Waals surface area contributed by atoms with E-state index in [1.165, 1.54) is 0 Å². The van der Waals surface area contributed by atoms with Crippen molar-refractivity contribution in [2.24, 2.45) is 0 Å². The second-order valence-electron chi connectivity index (χ2n) is 5.42. The maximum atomic E-state index is 12.6. The molecule has 1 heterocycles. The number of carbonyl (C=O) groups excluding carboxylic acids is 2. The van der Waals surface area contributed by atoms with Crippen LogP contribution >= 0.6 is 11.6 Å². The highest BCUT2D eigenvalue weighted by molar-refractivity contribution is 6.34. The third kappa shape index (κ3) is 3.75. The van der Waals surface area contributed by atoms with Gasteiger partial charge in [0.25, 0.3) is 11.8 Å². The lowest BCUT2D eigenvalue weighted by atomic mass is 10.1. The zero-order valence-corrected chi connectivity index (χ0v) is 13.8. The summed E-state index contributed by atoms with van der Waals surface area (Å²) in [6, 6.07) is 13.8. The van der Waals surface area contributed by atoms with Crippen molar-refractivity contribution in [3.8, 4) is 0 Å². The third-order valence-corrected chi connectivity index (χ3v) is 4.12. The third-order valence-electron chi connectivity index (χ3n) is 3.79. The van der Waals surface area contributed by atoms with E-state index < -0.39 is 0 Å². The molecule has 0 aliphatic carbocycles. The highest BCUT2D eigenvalue weighted by atomic mass is 35.5. The van der Waals surface area contributed by atoms with Crippen molar-refractivity contribution < 1.29 is 14.3 Å². The van der Waals surface area contributed by atoms with Crippen LogP contribution in [0.25, 0.3) is 0 Å². The van der Waals surface area contributed by atoms with Crippen molar-refractivity contribution in [1.82, 2.24) is 4.90 Å². The van der Waals surface area contributed by atoms with Crippen LogP contribution in [0.15, 0.2) is 48.5 Å². The molecule has 2 aromatic rings. The Labute approximate surface area is 145 Å². The normalized spacial score (nSPS) is 14.3. The van der Waals surface area contributed by atoms with Gasteiger partial charge in [-0.25, -0.2) is 0 Å². The molecule has 2 aromatic carbocycles. The van der Waals surface area contributed by atoms with E-state index >= 15 is 0 Å². The molecule has 2 amide bonds. The van der Waals surface area contributed by atoms with Gasteiger partial charge in [-0.1, -0.05) is 29.8 Å². The molecule has 24 heavy (non-hydrogen) atoms. The molecule has 0 spiro atoms. The molecule has 6 heteroatoms. The summed E-state index contributed by atoms with van der Waals surface area (Å²) >= 11 is 6.17.